The van der Waals surface area contributed by atoms with Gasteiger partial charge in [0.25, 0.3) is 5.76 Å². The van der Waals surface area contributed by atoms with Crippen molar-refractivity contribution < 1.29 is 13.9 Å². The molecule has 1 unspecified atom stereocenters. The fraction of sp³-hybridized carbons (Fsp3) is 0.250. The molecule has 0 amide bonds. The van der Waals surface area contributed by atoms with E-state index in [1.165, 1.54) is 0 Å². The van der Waals surface area contributed by atoms with Crippen molar-refractivity contribution in [1.29, 1.82) is 0 Å². The normalized spacial score (nSPS) is 12.4. The van der Waals surface area contributed by atoms with E-state index in [2.05, 4.69) is 12.2 Å². The fourth-order valence-corrected chi connectivity index (χ4v) is 2.55. The van der Waals surface area contributed by atoms with E-state index < -0.39 is 5.76 Å². The van der Waals surface area contributed by atoms with Crippen LogP contribution >= 0.6 is 11.8 Å². The first-order valence-electron chi connectivity index (χ1n) is 6.62. The van der Waals surface area contributed by atoms with E-state index in [-0.39, 0.29) is 11.8 Å². The quantitative estimate of drug-likeness (QED) is 0.755. The van der Waals surface area contributed by atoms with Gasteiger partial charge in [-0.1, -0.05) is 23.9 Å². The van der Waals surface area contributed by atoms with Crippen molar-refractivity contribution in [3.05, 3.63) is 54.1 Å². The minimum atomic E-state index is -2.39. The average molecular weight is 309 g/mol. The first-order chi connectivity index (χ1) is 10.0. The van der Waals surface area contributed by atoms with Crippen molar-refractivity contribution in [1.82, 2.24) is 0 Å². The molecule has 0 saturated carbocycles. The predicted octanol–water partition coefficient (Wildman–Crippen LogP) is 4.75. The summed E-state index contributed by atoms with van der Waals surface area (Å²) < 4.78 is 24.5. The number of phenolic OH excluding ortho intramolecular Hbond substituents is 1. The highest BCUT2D eigenvalue weighted by Gasteiger charge is 2.06. The Morgan fingerprint density at radius 1 is 1.05 bits per heavy atom. The molecule has 0 heterocycles. The van der Waals surface area contributed by atoms with Gasteiger partial charge in [0.2, 0.25) is 0 Å². The Kier molecular flexibility index (Phi) is 5.44. The second-order valence-corrected chi connectivity index (χ2v) is 5.88. The van der Waals surface area contributed by atoms with Crippen LogP contribution in [0.4, 0.5) is 14.5 Å². The third-order valence-corrected chi connectivity index (χ3v) is 3.69. The van der Waals surface area contributed by atoms with Gasteiger partial charge in [-0.2, -0.15) is 8.78 Å². The highest BCUT2D eigenvalue weighted by molar-refractivity contribution is 7.99. The molecule has 5 heteroatoms. The summed E-state index contributed by atoms with van der Waals surface area (Å²) in [6, 6.07) is 14.3. The lowest BCUT2D eigenvalue weighted by atomic mass is 10.1. The van der Waals surface area contributed by atoms with Crippen LogP contribution < -0.4 is 5.32 Å². The molecule has 0 fully saturated rings. The van der Waals surface area contributed by atoms with Crippen LogP contribution in [0.15, 0.2) is 53.4 Å². The van der Waals surface area contributed by atoms with Gasteiger partial charge in [0.1, 0.15) is 5.75 Å². The number of anilines is 1. The Hall–Kier alpha value is -1.75. The average Bonchev–Trinajstić information content (AvgIpc) is 2.43. The first kappa shape index (κ1) is 15.6. The monoisotopic (exact) mass is 309 g/mol. The summed E-state index contributed by atoms with van der Waals surface area (Å²) in [5.41, 5.74) is 2.03. The Balaban J connectivity index is 1.90. The standard InChI is InChI=1S/C16H17F2NOS/c1-11(10-12-2-6-14(20)7-3-12)19-13-4-8-15(9-5-13)21-16(17)18/h2-9,11,16,19-20H,10H2,1H3. The minimum absolute atomic E-state index is 0.197. The SMILES string of the molecule is CC(Cc1ccc(O)cc1)Nc1ccc(SC(F)F)cc1. The summed E-state index contributed by atoms with van der Waals surface area (Å²) in [7, 11) is 0. The zero-order chi connectivity index (χ0) is 15.2. The number of hydrogen-bond donors (Lipinski definition) is 2. The van der Waals surface area contributed by atoms with Crippen LogP contribution in [0, 0.1) is 0 Å². The number of benzene rings is 2. The lowest BCUT2D eigenvalue weighted by molar-refractivity contribution is 0.252. The van der Waals surface area contributed by atoms with Crippen LogP contribution in [-0.4, -0.2) is 16.9 Å². The number of nitrogens with one attached hydrogen (secondary N) is 1. The maximum Gasteiger partial charge on any atom is 0.288 e. The molecule has 0 aliphatic heterocycles. The largest absolute Gasteiger partial charge is 0.508 e. The molecule has 2 aromatic carbocycles. The number of phenols is 1. The van der Waals surface area contributed by atoms with Crippen LogP contribution in [0.5, 0.6) is 5.75 Å². The Bertz CT molecular complexity index is 557. The highest BCUT2D eigenvalue weighted by atomic mass is 32.2. The maximum atomic E-state index is 12.2. The molecule has 112 valence electrons. The molecule has 1 atom stereocenters. The topological polar surface area (TPSA) is 32.3 Å². The first-order valence-corrected chi connectivity index (χ1v) is 7.50. The molecular weight excluding hydrogens is 292 g/mol. The number of rotatable bonds is 6. The summed E-state index contributed by atoms with van der Waals surface area (Å²) >= 11 is 0.545. The van der Waals surface area contributed by atoms with E-state index in [1.54, 1.807) is 36.4 Å². The van der Waals surface area contributed by atoms with E-state index in [9.17, 15) is 13.9 Å². The second kappa shape index (κ2) is 7.31. The lowest BCUT2D eigenvalue weighted by Gasteiger charge is -2.15. The summed E-state index contributed by atoms with van der Waals surface area (Å²) in [5.74, 6) is -2.14. The van der Waals surface area contributed by atoms with Crippen LogP contribution in [0.1, 0.15) is 12.5 Å². The summed E-state index contributed by atoms with van der Waals surface area (Å²) in [5, 5.41) is 12.6. The fourth-order valence-electron chi connectivity index (χ4n) is 2.05. The molecule has 2 aromatic rings. The molecule has 0 radical (unpaired) electrons. The molecular formula is C16H17F2NOS. The van der Waals surface area contributed by atoms with Gasteiger partial charge in [0, 0.05) is 16.6 Å². The number of alkyl halides is 2. The van der Waals surface area contributed by atoms with E-state index in [0.29, 0.717) is 16.7 Å². The van der Waals surface area contributed by atoms with Crippen molar-refractivity contribution in [2.75, 3.05) is 5.32 Å². The number of aromatic hydroxyl groups is 1. The third kappa shape index (κ3) is 5.27. The van der Waals surface area contributed by atoms with Crippen molar-refractivity contribution in [2.45, 2.75) is 30.0 Å². The van der Waals surface area contributed by atoms with Crippen LogP contribution in [0.2, 0.25) is 0 Å². The molecule has 2 rings (SSSR count). The predicted molar refractivity (Wildman–Crippen MR) is 83.2 cm³/mol. The maximum absolute atomic E-state index is 12.2. The molecule has 0 aliphatic carbocycles. The smallest absolute Gasteiger partial charge is 0.288 e. The van der Waals surface area contributed by atoms with Gasteiger partial charge >= 0.3 is 0 Å². The van der Waals surface area contributed by atoms with Gasteiger partial charge in [-0.05, 0) is 55.3 Å². The molecule has 0 spiro atoms. The van der Waals surface area contributed by atoms with Crippen molar-refractivity contribution in [3.8, 4) is 5.75 Å². The van der Waals surface area contributed by atoms with Crippen molar-refractivity contribution >= 4 is 17.4 Å². The molecule has 0 saturated heterocycles. The Morgan fingerprint density at radius 3 is 2.24 bits per heavy atom. The minimum Gasteiger partial charge on any atom is -0.508 e. The van der Waals surface area contributed by atoms with E-state index in [1.807, 2.05) is 12.1 Å². The van der Waals surface area contributed by atoms with Gasteiger partial charge in [0.15, 0.2) is 0 Å². The number of hydrogen-bond acceptors (Lipinski definition) is 3. The summed E-state index contributed by atoms with van der Waals surface area (Å²) in [6.45, 7) is 2.05. The van der Waals surface area contributed by atoms with Crippen molar-refractivity contribution in [3.63, 3.8) is 0 Å². The van der Waals surface area contributed by atoms with E-state index in [0.717, 1.165) is 17.7 Å². The number of halogens is 2. The highest BCUT2D eigenvalue weighted by Crippen LogP contribution is 2.26. The molecule has 21 heavy (non-hydrogen) atoms. The van der Waals surface area contributed by atoms with Crippen LogP contribution in [0.25, 0.3) is 0 Å². The van der Waals surface area contributed by atoms with Gasteiger partial charge in [-0.3, -0.25) is 0 Å². The lowest BCUT2D eigenvalue weighted by Crippen LogP contribution is -2.17. The van der Waals surface area contributed by atoms with E-state index >= 15 is 0 Å². The zero-order valence-corrected chi connectivity index (χ0v) is 12.4. The van der Waals surface area contributed by atoms with Crippen LogP contribution in [-0.2, 0) is 6.42 Å². The van der Waals surface area contributed by atoms with Crippen LogP contribution in [0.3, 0.4) is 0 Å². The molecule has 0 aromatic heterocycles. The molecule has 0 aliphatic rings. The van der Waals surface area contributed by atoms with Gasteiger partial charge in [-0.15, -0.1) is 0 Å². The third-order valence-electron chi connectivity index (χ3n) is 2.97. The molecule has 2 nitrogen and oxygen atoms in total. The van der Waals surface area contributed by atoms with Gasteiger partial charge < -0.3 is 10.4 Å². The number of thioether (sulfide) groups is 1. The van der Waals surface area contributed by atoms with Crippen molar-refractivity contribution in [2.24, 2.45) is 0 Å². The van der Waals surface area contributed by atoms with Gasteiger partial charge in [0.05, 0.1) is 0 Å². The zero-order valence-electron chi connectivity index (χ0n) is 11.6. The Labute approximate surface area is 127 Å². The molecule has 2 N–H and O–H groups in total. The molecule has 0 bridgehead atoms. The van der Waals surface area contributed by atoms with E-state index in [4.69, 9.17) is 0 Å². The Morgan fingerprint density at radius 2 is 1.67 bits per heavy atom. The summed E-state index contributed by atoms with van der Waals surface area (Å²) in [6.07, 6.45) is 0.813. The second-order valence-electron chi connectivity index (χ2n) is 4.82. The van der Waals surface area contributed by atoms with Gasteiger partial charge in [-0.25, -0.2) is 0 Å². The summed E-state index contributed by atoms with van der Waals surface area (Å²) in [4.78, 5) is 0.557.